The fraction of sp³-hybridized carbons (Fsp3) is 0.263. The molecule has 1 heterocycles. The lowest BCUT2D eigenvalue weighted by Gasteiger charge is -2.22. The Kier molecular flexibility index (Phi) is 5.00. The van der Waals surface area contributed by atoms with Crippen LogP contribution in [0.1, 0.15) is 19.8 Å². The number of amides is 2. The Labute approximate surface area is 146 Å². The van der Waals surface area contributed by atoms with Crippen LogP contribution in [-0.4, -0.2) is 29.7 Å². The van der Waals surface area contributed by atoms with Gasteiger partial charge in [-0.15, -0.1) is 0 Å². The molecular formula is C19H20N2O4. The summed E-state index contributed by atoms with van der Waals surface area (Å²) in [6, 6.07) is 14.6. The second-order valence-corrected chi connectivity index (χ2v) is 5.81. The standard InChI is InChI=1S/C19H20N2O4/c1-2-12-25-16-10-8-14(9-11-16)20-18(22)13-17(19(20)23)21(24)15-6-4-3-5-7-15/h3-11,17,24H,2,12-13H2,1H3/t17-/m0/s1. The minimum absolute atomic E-state index is 0.0711. The Bertz CT molecular complexity index is 746. The number of hydroxylamine groups is 1. The number of para-hydroxylation sites is 1. The molecule has 25 heavy (non-hydrogen) atoms. The largest absolute Gasteiger partial charge is 0.494 e. The molecule has 6 heteroatoms. The molecule has 0 spiro atoms. The fourth-order valence-corrected chi connectivity index (χ4v) is 2.75. The SMILES string of the molecule is CCCOc1ccc(N2C(=O)C[C@H](N(O)c3ccccc3)C2=O)cc1. The van der Waals surface area contributed by atoms with E-state index in [1.807, 2.05) is 13.0 Å². The van der Waals surface area contributed by atoms with Gasteiger partial charge in [0, 0.05) is 0 Å². The number of nitrogens with zero attached hydrogens (tertiary/aromatic N) is 2. The lowest BCUT2D eigenvalue weighted by atomic mass is 10.2. The monoisotopic (exact) mass is 340 g/mol. The average molecular weight is 340 g/mol. The van der Waals surface area contributed by atoms with Crippen molar-refractivity contribution in [1.82, 2.24) is 0 Å². The summed E-state index contributed by atoms with van der Waals surface area (Å²) in [6.07, 6.45) is 0.830. The van der Waals surface area contributed by atoms with Crippen molar-refractivity contribution in [3.63, 3.8) is 0 Å². The van der Waals surface area contributed by atoms with Gasteiger partial charge < -0.3 is 4.74 Å². The molecule has 0 radical (unpaired) electrons. The van der Waals surface area contributed by atoms with Gasteiger partial charge in [0.05, 0.1) is 24.4 Å². The first kappa shape index (κ1) is 17.0. The van der Waals surface area contributed by atoms with Crippen LogP contribution in [0, 0.1) is 0 Å². The van der Waals surface area contributed by atoms with Crippen LogP contribution in [0.2, 0.25) is 0 Å². The molecule has 2 aromatic carbocycles. The molecule has 2 aromatic rings. The number of hydrogen-bond donors (Lipinski definition) is 1. The number of benzene rings is 2. The molecule has 0 bridgehead atoms. The van der Waals surface area contributed by atoms with Gasteiger partial charge in [0.1, 0.15) is 11.8 Å². The smallest absolute Gasteiger partial charge is 0.259 e. The number of hydrogen-bond acceptors (Lipinski definition) is 5. The average Bonchev–Trinajstić information content (AvgIpc) is 2.95. The van der Waals surface area contributed by atoms with Crippen LogP contribution in [0.15, 0.2) is 54.6 Å². The normalized spacial score (nSPS) is 17.0. The Morgan fingerprint density at radius 3 is 2.44 bits per heavy atom. The third-order valence-electron chi connectivity index (χ3n) is 4.01. The Morgan fingerprint density at radius 1 is 1.12 bits per heavy atom. The number of rotatable bonds is 6. The second-order valence-electron chi connectivity index (χ2n) is 5.81. The van der Waals surface area contributed by atoms with Crippen molar-refractivity contribution in [1.29, 1.82) is 0 Å². The van der Waals surface area contributed by atoms with Crippen LogP contribution in [0.5, 0.6) is 5.75 Å². The second kappa shape index (κ2) is 7.36. The Morgan fingerprint density at radius 2 is 1.80 bits per heavy atom. The van der Waals surface area contributed by atoms with Crippen molar-refractivity contribution in [3.05, 3.63) is 54.6 Å². The summed E-state index contributed by atoms with van der Waals surface area (Å²) in [4.78, 5) is 26.1. The maximum atomic E-state index is 12.7. The van der Waals surface area contributed by atoms with Gasteiger partial charge in [-0.3, -0.25) is 14.8 Å². The zero-order chi connectivity index (χ0) is 17.8. The number of imide groups is 1. The van der Waals surface area contributed by atoms with Crippen LogP contribution in [0.3, 0.4) is 0 Å². The van der Waals surface area contributed by atoms with Gasteiger partial charge in [-0.2, -0.15) is 0 Å². The van der Waals surface area contributed by atoms with Crippen molar-refractivity contribution in [2.75, 3.05) is 16.6 Å². The van der Waals surface area contributed by atoms with E-state index in [9.17, 15) is 14.8 Å². The predicted octanol–water partition coefficient (Wildman–Crippen LogP) is 3.00. The molecule has 1 aliphatic heterocycles. The third kappa shape index (κ3) is 3.49. The highest BCUT2D eigenvalue weighted by Crippen LogP contribution is 2.28. The highest BCUT2D eigenvalue weighted by Gasteiger charge is 2.43. The van der Waals surface area contributed by atoms with E-state index in [4.69, 9.17) is 4.74 Å². The summed E-state index contributed by atoms with van der Waals surface area (Å²) in [6.45, 7) is 2.63. The molecule has 0 unspecified atom stereocenters. The number of carbonyl (C=O) groups is 2. The van der Waals surface area contributed by atoms with Crippen LogP contribution < -0.4 is 14.7 Å². The summed E-state index contributed by atoms with van der Waals surface area (Å²) in [5, 5.41) is 11.2. The first-order chi connectivity index (χ1) is 12.1. The first-order valence-corrected chi connectivity index (χ1v) is 8.24. The van der Waals surface area contributed by atoms with Gasteiger partial charge in [-0.05, 0) is 42.8 Å². The van der Waals surface area contributed by atoms with Gasteiger partial charge >= 0.3 is 0 Å². The third-order valence-corrected chi connectivity index (χ3v) is 4.01. The number of anilines is 2. The lowest BCUT2D eigenvalue weighted by Crippen LogP contribution is -2.40. The van der Waals surface area contributed by atoms with Gasteiger partial charge in [0.2, 0.25) is 5.91 Å². The molecule has 6 nitrogen and oxygen atoms in total. The van der Waals surface area contributed by atoms with Crippen molar-refractivity contribution in [2.45, 2.75) is 25.8 Å². The Balaban J connectivity index is 1.77. The first-order valence-electron chi connectivity index (χ1n) is 8.24. The predicted molar refractivity (Wildman–Crippen MR) is 93.8 cm³/mol. The molecular weight excluding hydrogens is 320 g/mol. The van der Waals surface area contributed by atoms with E-state index in [1.54, 1.807) is 48.5 Å². The van der Waals surface area contributed by atoms with Crippen molar-refractivity contribution in [2.24, 2.45) is 0 Å². The van der Waals surface area contributed by atoms with Crippen molar-refractivity contribution in [3.8, 4) is 5.75 Å². The minimum atomic E-state index is -0.925. The molecule has 0 aromatic heterocycles. The van der Waals surface area contributed by atoms with Crippen molar-refractivity contribution >= 4 is 23.2 Å². The van der Waals surface area contributed by atoms with E-state index in [1.165, 1.54) is 0 Å². The molecule has 0 saturated carbocycles. The summed E-state index contributed by atoms with van der Waals surface area (Å²) in [5.41, 5.74) is 0.946. The molecule has 1 aliphatic rings. The molecule has 1 atom stereocenters. The van der Waals surface area contributed by atoms with Crippen molar-refractivity contribution < 1.29 is 19.5 Å². The molecule has 3 rings (SSSR count). The fourth-order valence-electron chi connectivity index (χ4n) is 2.75. The van der Waals surface area contributed by atoms with Gasteiger partial charge in [0.25, 0.3) is 5.91 Å². The molecule has 130 valence electrons. The van der Waals surface area contributed by atoms with Gasteiger partial charge in [-0.25, -0.2) is 9.96 Å². The van der Waals surface area contributed by atoms with E-state index in [2.05, 4.69) is 0 Å². The number of carbonyl (C=O) groups excluding carboxylic acids is 2. The topological polar surface area (TPSA) is 70.1 Å². The van der Waals surface area contributed by atoms with E-state index in [-0.39, 0.29) is 12.3 Å². The molecule has 1 N–H and O–H groups in total. The molecule has 1 saturated heterocycles. The summed E-state index contributed by atoms with van der Waals surface area (Å²) >= 11 is 0. The van der Waals surface area contributed by atoms with E-state index < -0.39 is 11.9 Å². The summed E-state index contributed by atoms with van der Waals surface area (Å²) < 4.78 is 5.51. The highest BCUT2D eigenvalue weighted by molar-refractivity contribution is 6.23. The highest BCUT2D eigenvalue weighted by atomic mass is 16.5. The Hall–Kier alpha value is -2.86. The maximum Gasteiger partial charge on any atom is 0.259 e. The van der Waals surface area contributed by atoms with Gasteiger partial charge in [0.15, 0.2) is 0 Å². The van der Waals surface area contributed by atoms with Gasteiger partial charge in [-0.1, -0.05) is 25.1 Å². The van der Waals surface area contributed by atoms with E-state index >= 15 is 0 Å². The van der Waals surface area contributed by atoms with E-state index in [0.29, 0.717) is 23.7 Å². The van der Waals surface area contributed by atoms with Crippen LogP contribution in [0.25, 0.3) is 0 Å². The van der Waals surface area contributed by atoms with Crippen LogP contribution in [-0.2, 0) is 9.59 Å². The van der Waals surface area contributed by atoms with Crippen LogP contribution in [0.4, 0.5) is 11.4 Å². The molecule has 1 fully saturated rings. The molecule has 0 aliphatic carbocycles. The molecule has 2 amide bonds. The number of ether oxygens (including phenoxy) is 1. The zero-order valence-electron chi connectivity index (χ0n) is 14.0. The quantitative estimate of drug-likeness (QED) is 0.647. The summed E-state index contributed by atoms with van der Waals surface area (Å²) in [7, 11) is 0. The zero-order valence-corrected chi connectivity index (χ0v) is 14.0. The van der Waals surface area contributed by atoms with Crippen LogP contribution >= 0.6 is 0 Å². The van der Waals surface area contributed by atoms with E-state index in [0.717, 1.165) is 16.4 Å². The minimum Gasteiger partial charge on any atom is -0.494 e. The lowest BCUT2D eigenvalue weighted by molar-refractivity contribution is -0.121. The summed E-state index contributed by atoms with van der Waals surface area (Å²) in [5.74, 6) is -0.0971. The maximum absolute atomic E-state index is 12.7.